The number of nitrogens with zero attached hydrogens (tertiary/aromatic N) is 2. The van der Waals surface area contributed by atoms with E-state index in [0.717, 1.165) is 5.56 Å². The number of hydrogen-bond donors (Lipinski definition) is 3. The largest absolute Gasteiger partial charge is 0.478 e. The van der Waals surface area contributed by atoms with E-state index in [1.165, 1.54) is 28.9 Å². The van der Waals surface area contributed by atoms with Crippen molar-refractivity contribution < 1.29 is 14.7 Å². The Morgan fingerprint density at radius 2 is 2.00 bits per heavy atom. The first-order valence-corrected chi connectivity index (χ1v) is 5.88. The average molecular weight is 274 g/mol. The lowest BCUT2D eigenvalue weighted by molar-refractivity contribution is -0.116. The van der Waals surface area contributed by atoms with Crippen molar-refractivity contribution in [3.63, 3.8) is 0 Å². The Morgan fingerprint density at radius 3 is 2.50 bits per heavy atom. The normalized spacial score (nSPS) is 10.2. The van der Waals surface area contributed by atoms with E-state index in [0.29, 0.717) is 11.5 Å². The number of anilines is 2. The molecule has 7 heteroatoms. The van der Waals surface area contributed by atoms with E-state index in [1.807, 2.05) is 0 Å². The maximum Gasteiger partial charge on any atom is 0.335 e. The van der Waals surface area contributed by atoms with Crippen molar-refractivity contribution >= 4 is 23.4 Å². The van der Waals surface area contributed by atoms with Gasteiger partial charge in [-0.2, -0.15) is 5.10 Å². The van der Waals surface area contributed by atoms with Crippen LogP contribution < -0.4 is 11.1 Å². The highest BCUT2D eigenvalue weighted by Crippen LogP contribution is 2.10. The number of carbonyl (C=O) groups is 2. The van der Waals surface area contributed by atoms with Gasteiger partial charge in [-0.25, -0.2) is 4.79 Å². The zero-order chi connectivity index (χ0) is 14.7. The number of rotatable bonds is 4. The summed E-state index contributed by atoms with van der Waals surface area (Å²) in [5, 5.41) is 15.4. The Labute approximate surface area is 115 Å². The van der Waals surface area contributed by atoms with Gasteiger partial charge in [-0.1, -0.05) is 0 Å². The Morgan fingerprint density at radius 1 is 1.35 bits per heavy atom. The Balaban J connectivity index is 1.99. The summed E-state index contributed by atoms with van der Waals surface area (Å²) >= 11 is 0. The molecular formula is C13H14N4O3. The van der Waals surface area contributed by atoms with Crippen molar-refractivity contribution in [1.82, 2.24) is 9.78 Å². The van der Waals surface area contributed by atoms with Crippen LogP contribution in [0.25, 0.3) is 0 Å². The summed E-state index contributed by atoms with van der Waals surface area (Å²) in [6.07, 6.45) is 1.68. The van der Waals surface area contributed by atoms with Crippen LogP contribution in [0.4, 0.5) is 11.5 Å². The second kappa shape index (κ2) is 5.43. The maximum atomic E-state index is 11.8. The zero-order valence-electron chi connectivity index (χ0n) is 10.8. The van der Waals surface area contributed by atoms with Crippen LogP contribution in [0.2, 0.25) is 0 Å². The van der Waals surface area contributed by atoms with E-state index in [4.69, 9.17) is 10.8 Å². The summed E-state index contributed by atoms with van der Waals surface area (Å²) in [4.78, 5) is 22.5. The fourth-order valence-electron chi connectivity index (χ4n) is 1.66. The third kappa shape index (κ3) is 3.14. The molecule has 1 aromatic heterocycles. The minimum Gasteiger partial charge on any atom is -0.478 e. The predicted molar refractivity (Wildman–Crippen MR) is 73.4 cm³/mol. The van der Waals surface area contributed by atoms with Gasteiger partial charge in [0.2, 0.25) is 5.91 Å². The monoisotopic (exact) mass is 274 g/mol. The fraction of sp³-hybridized carbons (Fsp3) is 0.154. The smallest absolute Gasteiger partial charge is 0.335 e. The number of carbonyl (C=O) groups excluding carboxylic acids is 1. The molecule has 0 saturated carbocycles. The molecule has 0 saturated heterocycles. The van der Waals surface area contributed by atoms with Crippen molar-refractivity contribution in [2.24, 2.45) is 0 Å². The van der Waals surface area contributed by atoms with Crippen molar-refractivity contribution in [2.45, 2.75) is 13.5 Å². The van der Waals surface area contributed by atoms with Gasteiger partial charge in [-0.3, -0.25) is 9.48 Å². The number of aryl methyl sites for hydroxylation is 1. The molecule has 0 atom stereocenters. The Hall–Kier alpha value is -2.83. The Kier molecular flexibility index (Phi) is 3.69. The molecule has 1 heterocycles. The topological polar surface area (TPSA) is 110 Å². The van der Waals surface area contributed by atoms with Gasteiger partial charge >= 0.3 is 5.97 Å². The van der Waals surface area contributed by atoms with Crippen LogP contribution >= 0.6 is 0 Å². The minimum absolute atomic E-state index is 0.0404. The SMILES string of the molecule is Cc1cn(CC(=O)Nc2ccc(C(=O)O)cc2)nc1N. The lowest BCUT2D eigenvalue weighted by Gasteiger charge is -2.05. The molecule has 1 aromatic carbocycles. The third-order valence-corrected chi connectivity index (χ3v) is 2.70. The van der Waals surface area contributed by atoms with E-state index >= 15 is 0 Å². The van der Waals surface area contributed by atoms with Crippen molar-refractivity contribution in [2.75, 3.05) is 11.1 Å². The third-order valence-electron chi connectivity index (χ3n) is 2.70. The first kappa shape index (κ1) is 13.6. The highest BCUT2D eigenvalue weighted by molar-refractivity contribution is 5.92. The van der Waals surface area contributed by atoms with Gasteiger partial charge in [-0.05, 0) is 31.2 Å². The molecule has 0 aliphatic carbocycles. The van der Waals surface area contributed by atoms with Crippen LogP contribution in [0.15, 0.2) is 30.5 Å². The number of nitrogens with one attached hydrogen (secondary N) is 1. The number of nitrogen functional groups attached to an aromatic ring is 1. The van der Waals surface area contributed by atoms with E-state index in [9.17, 15) is 9.59 Å². The second-order valence-corrected chi connectivity index (χ2v) is 4.33. The van der Waals surface area contributed by atoms with Gasteiger partial charge < -0.3 is 16.2 Å². The van der Waals surface area contributed by atoms with Gasteiger partial charge in [0.05, 0.1) is 5.56 Å². The number of aromatic carboxylic acids is 1. The molecule has 0 aliphatic heterocycles. The highest BCUT2D eigenvalue weighted by atomic mass is 16.4. The highest BCUT2D eigenvalue weighted by Gasteiger charge is 2.07. The van der Waals surface area contributed by atoms with Crippen LogP contribution in [0.3, 0.4) is 0 Å². The van der Waals surface area contributed by atoms with Gasteiger partial charge in [0, 0.05) is 17.4 Å². The lowest BCUT2D eigenvalue weighted by atomic mass is 10.2. The fourth-order valence-corrected chi connectivity index (χ4v) is 1.66. The molecule has 0 bridgehead atoms. The standard InChI is InChI=1S/C13H14N4O3/c1-8-6-17(16-12(8)14)7-11(18)15-10-4-2-9(3-5-10)13(19)20/h2-6H,7H2,1H3,(H2,14,16)(H,15,18)(H,19,20). The summed E-state index contributed by atoms with van der Waals surface area (Å²) in [5.41, 5.74) is 7.09. The van der Waals surface area contributed by atoms with Crippen LogP contribution in [-0.4, -0.2) is 26.8 Å². The van der Waals surface area contributed by atoms with Crippen LogP contribution in [0.1, 0.15) is 15.9 Å². The van der Waals surface area contributed by atoms with Crippen molar-refractivity contribution in [3.05, 3.63) is 41.6 Å². The molecule has 0 fully saturated rings. The molecule has 2 aromatic rings. The molecule has 4 N–H and O–H groups in total. The second-order valence-electron chi connectivity index (χ2n) is 4.33. The Bertz CT molecular complexity index is 627. The quantitative estimate of drug-likeness (QED) is 0.773. The number of nitrogens with two attached hydrogens (primary N) is 1. The summed E-state index contributed by atoms with van der Waals surface area (Å²) in [7, 11) is 0. The summed E-state index contributed by atoms with van der Waals surface area (Å²) in [6.45, 7) is 1.85. The molecule has 2 rings (SSSR count). The van der Waals surface area contributed by atoms with Crippen molar-refractivity contribution in [3.8, 4) is 0 Å². The first-order chi connectivity index (χ1) is 9.45. The lowest BCUT2D eigenvalue weighted by Crippen LogP contribution is -2.19. The first-order valence-electron chi connectivity index (χ1n) is 5.88. The maximum absolute atomic E-state index is 11.8. The molecule has 0 radical (unpaired) electrons. The van der Waals surface area contributed by atoms with Gasteiger partial charge in [0.15, 0.2) is 0 Å². The molecule has 0 spiro atoms. The van der Waals surface area contributed by atoms with Gasteiger partial charge in [0.1, 0.15) is 12.4 Å². The van der Waals surface area contributed by atoms with Crippen LogP contribution in [0.5, 0.6) is 0 Å². The van der Waals surface area contributed by atoms with E-state index in [1.54, 1.807) is 13.1 Å². The number of carboxylic acids is 1. The number of hydrogen-bond acceptors (Lipinski definition) is 4. The average Bonchev–Trinajstić information content (AvgIpc) is 2.68. The molecule has 0 unspecified atom stereocenters. The van der Waals surface area contributed by atoms with Crippen LogP contribution in [-0.2, 0) is 11.3 Å². The zero-order valence-corrected chi connectivity index (χ0v) is 10.8. The molecular weight excluding hydrogens is 260 g/mol. The number of aromatic nitrogens is 2. The molecule has 0 aliphatic rings. The number of benzene rings is 1. The predicted octanol–water partition coefficient (Wildman–Crippen LogP) is 1.11. The molecule has 104 valence electrons. The minimum atomic E-state index is -1.01. The molecule has 20 heavy (non-hydrogen) atoms. The van der Waals surface area contributed by atoms with E-state index < -0.39 is 5.97 Å². The van der Waals surface area contributed by atoms with Gasteiger partial charge in [0.25, 0.3) is 0 Å². The number of carboxylic acid groups (broad SMARTS) is 1. The summed E-state index contributed by atoms with van der Waals surface area (Å²) in [5.74, 6) is -0.885. The van der Waals surface area contributed by atoms with Gasteiger partial charge in [-0.15, -0.1) is 0 Å². The van der Waals surface area contributed by atoms with Crippen molar-refractivity contribution in [1.29, 1.82) is 0 Å². The summed E-state index contributed by atoms with van der Waals surface area (Å²) < 4.78 is 1.45. The van der Waals surface area contributed by atoms with Crippen LogP contribution in [0, 0.1) is 6.92 Å². The number of amides is 1. The summed E-state index contributed by atoms with van der Waals surface area (Å²) in [6, 6.07) is 5.91. The van der Waals surface area contributed by atoms with E-state index in [2.05, 4.69) is 10.4 Å². The van der Waals surface area contributed by atoms with E-state index in [-0.39, 0.29) is 18.0 Å². The molecule has 1 amide bonds. The molecule has 7 nitrogen and oxygen atoms in total.